The maximum atomic E-state index is 13.0. The van der Waals surface area contributed by atoms with Crippen molar-refractivity contribution in [2.45, 2.75) is 44.9 Å². The number of dihydropyridines is 1. The van der Waals surface area contributed by atoms with Crippen molar-refractivity contribution in [1.82, 2.24) is 4.57 Å². The molecular weight excluding hydrogens is 316 g/mol. The second kappa shape index (κ2) is 5.15. The van der Waals surface area contributed by atoms with Gasteiger partial charge in [0.05, 0.1) is 35.5 Å². The number of carbonyl (C=O) groups is 1. The first-order valence-corrected chi connectivity index (χ1v) is 8.76. The van der Waals surface area contributed by atoms with E-state index in [9.17, 15) is 9.59 Å². The molecule has 5 rings (SSSR count). The smallest absolute Gasteiger partial charge is 0.313 e. The van der Waals surface area contributed by atoms with Crippen molar-refractivity contribution in [2.75, 3.05) is 0 Å². The molecule has 0 bridgehead atoms. The van der Waals surface area contributed by atoms with Crippen molar-refractivity contribution in [3.63, 3.8) is 0 Å². The Bertz CT molecular complexity index is 991. The Kier molecular flexibility index (Phi) is 3.02. The van der Waals surface area contributed by atoms with Crippen LogP contribution in [-0.4, -0.2) is 22.3 Å². The van der Waals surface area contributed by atoms with Gasteiger partial charge in [-0.05, 0) is 41.7 Å². The number of carbonyl (C=O) groups excluding carboxylic acids is 1. The molecule has 4 heterocycles. The number of allylic oxidation sites excluding steroid dienone is 3. The minimum absolute atomic E-state index is 0.0495. The third-order valence-corrected chi connectivity index (χ3v) is 5.53. The predicted molar refractivity (Wildman–Crippen MR) is 93.8 cm³/mol. The van der Waals surface area contributed by atoms with Gasteiger partial charge in [0.25, 0.3) is 5.56 Å². The van der Waals surface area contributed by atoms with Crippen molar-refractivity contribution < 1.29 is 9.53 Å². The van der Waals surface area contributed by atoms with Crippen molar-refractivity contribution >= 4 is 11.7 Å². The standard InChI is InChI=1S/C20H18N2O3/c1-2-13-14-8-17-18-12(7-11-5-3-4-6-16(11)21-18)9-22(17)19(23)15(14)10-25-20(13)24/h3-5,7-8,13,16H,2,6,9-10H2,1H3. The highest BCUT2D eigenvalue weighted by Crippen LogP contribution is 2.34. The lowest BCUT2D eigenvalue weighted by atomic mass is 9.89. The van der Waals surface area contributed by atoms with Crippen molar-refractivity contribution in [3.05, 3.63) is 68.7 Å². The van der Waals surface area contributed by atoms with Gasteiger partial charge in [-0.15, -0.1) is 0 Å². The molecule has 5 nitrogen and oxygen atoms in total. The van der Waals surface area contributed by atoms with E-state index in [-0.39, 0.29) is 30.1 Å². The first-order valence-electron chi connectivity index (χ1n) is 8.76. The molecule has 2 unspecified atom stereocenters. The van der Waals surface area contributed by atoms with E-state index < -0.39 is 0 Å². The topological polar surface area (TPSA) is 60.7 Å². The summed E-state index contributed by atoms with van der Waals surface area (Å²) in [6.07, 6.45) is 9.96. The summed E-state index contributed by atoms with van der Waals surface area (Å²) < 4.78 is 7.01. The minimum atomic E-state index is -0.354. The molecule has 0 radical (unpaired) electrons. The van der Waals surface area contributed by atoms with Gasteiger partial charge in [-0.25, -0.2) is 0 Å². The van der Waals surface area contributed by atoms with E-state index in [1.165, 1.54) is 5.57 Å². The zero-order valence-electron chi connectivity index (χ0n) is 14.0. The van der Waals surface area contributed by atoms with Crippen LogP contribution in [0.5, 0.6) is 0 Å². The van der Waals surface area contributed by atoms with Crippen molar-refractivity contribution in [3.8, 4) is 0 Å². The van der Waals surface area contributed by atoms with E-state index in [0.29, 0.717) is 18.5 Å². The van der Waals surface area contributed by atoms with E-state index in [2.05, 4.69) is 24.3 Å². The molecule has 5 heteroatoms. The lowest BCUT2D eigenvalue weighted by Crippen LogP contribution is -2.33. The Labute approximate surface area is 145 Å². The fourth-order valence-electron chi connectivity index (χ4n) is 4.21. The zero-order valence-corrected chi connectivity index (χ0v) is 14.0. The van der Waals surface area contributed by atoms with Gasteiger partial charge in [-0.3, -0.25) is 14.6 Å². The maximum Gasteiger partial charge on any atom is 0.313 e. The van der Waals surface area contributed by atoms with Gasteiger partial charge in [-0.2, -0.15) is 0 Å². The quantitative estimate of drug-likeness (QED) is 0.741. The third-order valence-electron chi connectivity index (χ3n) is 5.53. The van der Waals surface area contributed by atoms with Crippen LogP contribution in [0.4, 0.5) is 0 Å². The minimum Gasteiger partial charge on any atom is -0.460 e. The first kappa shape index (κ1) is 14.6. The summed E-state index contributed by atoms with van der Waals surface area (Å²) in [4.78, 5) is 30.0. The first-order chi connectivity index (χ1) is 12.2. The highest BCUT2D eigenvalue weighted by molar-refractivity contribution is 6.14. The van der Waals surface area contributed by atoms with Crippen LogP contribution in [0.1, 0.15) is 42.5 Å². The number of rotatable bonds is 1. The third kappa shape index (κ3) is 1.98. The highest BCUT2D eigenvalue weighted by Gasteiger charge is 2.36. The fraction of sp³-hybridized carbons (Fsp3) is 0.350. The van der Waals surface area contributed by atoms with Gasteiger partial charge in [0.2, 0.25) is 0 Å². The molecule has 1 aromatic rings. The Morgan fingerprint density at radius 3 is 3.08 bits per heavy atom. The summed E-state index contributed by atoms with van der Waals surface area (Å²) in [5.74, 6) is -0.589. The van der Waals surface area contributed by atoms with Gasteiger partial charge in [0.15, 0.2) is 0 Å². The number of esters is 1. The molecule has 1 aliphatic carbocycles. The number of pyridine rings is 1. The second-order valence-corrected chi connectivity index (χ2v) is 6.92. The monoisotopic (exact) mass is 334 g/mol. The molecule has 0 spiro atoms. The Morgan fingerprint density at radius 1 is 1.36 bits per heavy atom. The van der Waals surface area contributed by atoms with Gasteiger partial charge in [0.1, 0.15) is 6.61 Å². The summed E-state index contributed by atoms with van der Waals surface area (Å²) in [7, 11) is 0. The van der Waals surface area contributed by atoms with Gasteiger partial charge < -0.3 is 9.30 Å². The van der Waals surface area contributed by atoms with Crippen LogP contribution in [0.25, 0.3) is 0 Å². The number of aliphatic imine (C=N–C) groups is 1. The summed E-state index contributed by atoms with van der Waals surface area (Å²) in [5.41, 5.74) is 5.43. The molecule has 0 N–H and O–H groups in total. The average Bonchev–Trinajstić information content (AvgIpc) is 2.98. The Balaban J connectivity index is 1.70. The summed E-state index contributed by atoms with van der Waals surface area (Å²) in [5, 5.41) is 0. The number of fused-ring (bicyclic) bond motifs is 5. The van der Waals surface area contributed by atoms with Crippen molar-refractivity contribution in [1.29, 1.82) is 0 Å². The molecule has 0 amide bonds. The van der Waals surface area contributed by atoms with Crippen LogP contribution < -0.4 is 5.56 Å². The number of aromatic nitrogens is 1. The van der Waals surface area contributed by atoms with Crippen LogP contribution in [0.3, 0.4) is 0 Å². The molecule has 0 saturated carbocycles. The molecule has 2 atom stereocenters. The normalized spacial score (nSPS) is 25.8. The van der Waals surface area contributed by atoms with E-state index in [4.69, 9.17) is 9.73 Å². The molecule has 0 aromatic carbocycles. The maximum absolute atomic E-state index is 13.0. The number of ether oxygens (including phenoxy) is 1. The number of hydrogen-bond acceptors (Lipinski definition) is 4. The SMILES string of the molecule is CCC1C(=O)OCc2c1cc1n(c2=O)CC2=CC3=CC=CCC3N=C21. The molecule has 1 aromatic heterocycles. The van der Waals surface area contributed by atoms with Gasteiger partial charge in [-0.1, -0.05) is 25.2 Å². The Morgan fingerprint density at radius 2 is 2.24 bits per heavy atom. The van der Waals surface area contributed by atoms with E-state index >= 15 is 0 Å². The molecule has 25 heavy (non-hydrogen) atoms. The van der Waals surface area contributed by atoms with E-state index in [1.807, 2.05) is 13.0 Å². The molecule has 4 aliphatic rings. The molecule has 126 valence electrons. The lowest BCUT2D eigenvalue weighted by molar-refractivity contribution is -0.148. The van der Waals surface area contributed by atoms with Crippen LogP contribution in [-0.2, 0) is 22.7 Å². The number of hydrogen-bond donors (Lipinski definition) is 0. The Hall–Kier alpha value is -2.69. The predicted octanol–water partition coefficient (Wildman–Crippen LogP) is 2.40. The van der Waals surface area contributed by atoms with Crippen LogP contribution >= 0.6 is 0 Å². The lowest BCUT2D eigenvalue weighted by Gasteiger charge is -2.24. The average molecular weight is 334 g/mol. The van der Waals surface area contributed by atoms with Crippen LogP contribution in [0.2, 0.25) is 0 Å². The zero-order chi connectivity index (χ0) is 17.1. The summed E-state index contributed by atoms with van der Waals surface area (Å²) >= 11 is 0. The summed E-state index contributed by atoms with van der Waals surface area (Å²) in [6, 6.07) is 2.13. The number of cyclic esters (lactones) is 1. The van der Waals surface area contributed by atoms with Crippen LogP contribution in [0.15, 0.2) is 51.3 Å². The molecule has 0 saturated heterocycles. The fourth-order valence-corrected chi connectivity index (χ4v) is 4.21. The van der Waals surface area contributed by atoms with Crippen LogP contribution in [0, 0.1) is 0 Å². The molecule has 0 fully saturated rings. The molecule has 3 aliphatic heterocycles. The summed E-state index contributed by atoms with van der Waals surface area (Å²) in [6.45, 7) is 2.56. The largest absolute Gasteiger partial charge is 0.460 e. The van der Waals surface area contributed by atoms with Gasteiger partial charge in [0, 0.05) is 0 Å². The van der Waals surface area contributed by atoms with Crippen molar-refractivity contribution in [2.24, 2.45) is 4.99 Å². The molecular formula is C20H18N2O3. The van der Waals surface area contributed by atoms with E-state index in [0.717, 1.165) is 29.0 Å². The highest BCUT2D eigenvalue weighted by atomic mass is 16.5. The number of nitrogens with zero attached hydrogens (tertiary/aromatic N) is 2. The second-order valence-electron chi connectivity index (χ2n) is 6.92. The van der Waals surface area contributed by atoms with Gasteiger partial charge >= 0.3 is 5.97 Å². The van der Waals surface area contributed by atoms with E-state index in [1.54, 1.807) is 4.57 Å².